The van der Waals surface area contributed by atoms with E-state index in [9.17, 15) is 0 Å². The number of hydrogen-bond donors (Lipinski definition) is 0. The first-order chi connectivity index (χ1) is 6.14. The van der Waals surface area contributed by atoms with Crippen molar-refractivity contribution in [2.75, 3.05) is 0 Å². The van der Waals surface area contributed by atoms with Crippen LogP contribution in [0.5, 0.6) is 0 Å². The molecule has 13 heavy (non-hydrogen) atoms. The first-order valence-corrected chi connectivity index (χ1v) is 6.14. The molecule has 1 aliphatic rings. The Hall–Kier alpha value is 0. The second kappa shape index (κ2) is 4.48. The molecule has 0 nitrogen and oxygen atoms in total. The van der Waals surface area contributed by atoms with Gasteiger partial charge in [0.25, 0.3) is 0 Å². The molecule has 1 aliphatic carbocycles. The van der Waals surface area contributed by atoms with Gasteiger partial charge in [0.15, 0.2) is 0 Å². The van der Waals surface area contributed by atoms with Crippen LogP contribution in [-0.4, -0.2) is 0 Å². The SMILES string of the molecule is CCC(CC)(CCC1CC1)C(C)C. The molecule has 1 saturated carbocycles. The Morgan fingerprint density at radius 3 is 2.00 bits per heavy atom. The smallest absolute Gasteiger partial charge is 0.0280 e. The van der Waals surface area contributed by atoms with Crippen LogP contribution < -0.4 is 0 Å². The highest BCUT2D eigenvalue weighted by atomic mass is 14.4. The van der Waals surface area contributed by atoms with Gasteiger partial charge in [-0.05, 0) is 30.1 Å². The summed E-state index contributed by atoms with van der Waals surface area (Å²) < 4.78 is 0. The van der Waals surface area contributed by atoms with Crippen LogP contribution >= 0.6 is 0 Å². The highest BCUT2D eigenvalue weighted by Gasteiger charge is 2.32. The highest BCUT2D eigenvalue weighted by molar-refractivity contribution is 4.83. The molecular formula is C13H26. The van der Waals surface area contributed by atoms with Crippen LogP contribution in [-0.2, 0) is 0 Å². The van der Waals surface area contributed by atoms with Gasteiger partial charge in [0.1, 0.15) is 0 Å². The summed E-state index contributed by atoms with van der Waals surface area (Å²) in [6.45, 7) is 9.55. The normalized spacial score (nSPS) is 18.2. The highest BCUT2D eigenvalue weighted by Crippen LogP contribution is 2.44. The molecule has 0 spiro atoms. The fraction of sp³-hybridized carbons (Fsp3) is 1.00. The molecule has 0 heteroatoms. The van der Waals surface area contributed by atoms with Crippen molar-refractivity contribution in [3.63, 3.8) is 0 Å². The molecule has 0 aromatic rings. The molecule has 0 aromatic carbocycles. The van der Waals surface area contributed by atoms with Gasteiger partial charge in [-0.2, -0.15) is 0 Å². The quantitative estimate of drug-likeness (QED) is 0.561. The summed E-state index contributed by atoms with van der Waals surface area (Å²) in [6, 6.07) is 0. The van der Waals surface area contributed by atoms with Crippen molar-refractivity contribution in [2.24, 2.45) is 17.3 Å². The summed E-state index contributed by atoms with van der Waals surface area (Å²) >= 11 is 0. The third-order valence-electron chi connectivity index (χ3n) is 4.38. The van der Waals surface area contributed by atoms with Gasteiger partial charge in [-0.1, -0.05) is 53.4 Å². The molecule has 0 aliphatic heterocycles. The van der Waals surface area contributed by atoms with Crippen molar-refractivity contribution in [2.45, 2.75) is 66.2 Å². The maximum atomic E-state index is 2.40. The molecule has 1 fully saturated rings. The van der Waals surface area contributed by atoms with Crippen molar-refractivity contribution in [3.05, 3.63) is 0 Å². The summed E-state index contributed by atoms with van der Waals surface area (Å²) in [7, 11) is 0. The zero-order valence-electron chi connectivity index (χ0n) is 9.90. The first-order valence-electron chi connectivity index (χ1n) is 6.14. The topological polar surface area (TPSA) is 0 Å². The summed E-state index contributed by atoms with van der Waals surface area (Å²) in [4.78, 5) is 0. The third kappa shape index (κ3) is 2.72. The molecule has 0 atom stereocenters. The van der Waals surface area contributed by atoms with Gasteiger partial charge in [0.2, 0.25) is 0 Å². The standard InChI is InChI=1S/C13H26/c1-5-13(6-2,11(3)4)10-9-12-7-8-12/h11-12H,5-10H2,1-4H3. The van der Waals surface area contributed by atoms with Crippen molar-refractivity contribution in [3.8, 4) is 0 Å². The zero-order chi connectivity index (χ0) is 9.90. The van der Waals surface area contributed by atoms with E-state index in [2.05, 4.69) is 27.7 Å². The summed E-state index contributed by atoms with van der Waals surface area (Å²) in [5, 5.41) is 0. The van der Waals surface area contributed by atoms with E-state index in [1.165, 1.54) is 38.5 Å². The van der Waals surface area contributed by atoms with Gasteiger partial charge in [0.05, 0.1) is 0 Å². The molecule has 0 aromatic heterocycles. The Balaban J connectivity index is 2.42. The minimum Gasteiger partial charge on any atom is -0.0648 e. The van der Waals surface area contributed by atoms with Gasteiger partial charge >= 0.3 is 0 Å². The van der Waals surface area contributed by atoms with E-state index in [-0.39, 0.29) is 0 Å². The Morgan fingerprint density at radius 1 is 1.15 bits per heavy atom. The molecule has 78 valence electrons. The fourth-order valence-electron chi connectivity index (χ4n) is 2.61. The summed E-state index contributed by atoms with van der Waals surface area (Å²) in [5.74, 6) is 1.97. The lowest BCUT2D eigenvalue weighted by Gasteiger charge is -2.36. The molecule has 0 saturated heterocycles. The lowest BCUT2D eigenvalue weighted by Crippen LogP contribution is -2.25. The Labute approximate surface area is 84.1 Å². The lowest BCUT2D eigenvalue weighted by atomic mass is 9.69. The Kier molecular flexibility index (Phi) is 3.82. The minimum absolute atomic E-state index is 0.655. The molecule has 0 radical (unpaired) electrons. The maximum Gasteiger partial charge on any atom is -0.0280 e. The van der Waals surface area contributed by atoms with E-state index in [1.807, 2.05) is 0 Å². The van der Waals surface area contributed by atoms with Gasteiger partial charge in [-0.15, -0.1) is 0 Å². The molecule has 0 bridgehead atoms. The van der Waals surface area contributed by atoms with E-state index < -0.39 is 0 Å². The van der Waals surface area contributed by atoms with Gasteiger partial charge in [-0.3, -0.25) is 0 Å². The summed E-state index contributed by atoms with van der Waals surface area (Å²) in [5.41, 5.74) is 0.655. The van der Waals surface area contributed by atoms with E-state index in [0.29, 0.717) is 5.41 Å². The van der Waals surface area contributed by atoms with Crippen molar-refractivity contribution >= 4 is 0 Å². The van der Waals surface area contributed by atoms with Gasteiger partial charge < -0.3 is 0 Å². The van der Waals surface area contributed by atoms with Crippen LogP contribution in [0.2, 0.25) is 0 Å². The molecular weight excluding hydrogens is 156 g/mol. The molecule has 0 N–H and O–H groups in total. The average molecular weight is 182 g/mol. The number of hydrogen-bond acceptors (Lipinski definition) is 0. The predicted molar refractivity (Wildman–Crippen MR) is 59.8 cm³/mol. The van der Waals surface area contributed by atoms with E-state index in [1.54, 1.807) is 0 Å². The number of rotatable bonds is 6. The average Bonchev–Trinajstić information content (AvgIpc) is 2.90. The van der Waals surface area contributed by atoms with Crippen molar-refractivity contribution < 1.29 is 0 Å². The zero-order valence-corrected chi connectivity index (χ0v) is 9.90. The van der Waals surface area contributed by atoms with Crippen LogP contribution in [0.3, 0.4) is 0 Å². The third-order valence-corrected chi connectivity index (χ3v) is 4.38. The Morgan fingerprint density at radius 2 is 1.69 bits per heavy atom. The van der Waals surface area contributed by atoms with Gasteiger partial charge in [-0.25, -0.2) is 0 Å². The van der Waals surface area contributed by atoms with Gasteiger partial charge in [0, 0.05) is 0 Å². The second-order valence-electron chi connectivity index (χ2n) is 5.21. The largest absolute Gasteiger partial charge is 0.0648 e. The van der Waals surface area contributed by atoms with Crippen LogP contribution in [0.1, 0.15) is 66.2 Å². The van der Waals surface area contributed by atoms with E-state index in [4.69, 9.17) is 0 Å². The van der Waals surface area contributed by atoms with E-state index in [0.717, 1.165) is 11.8 Å². The predicted octanol–water partition coefficient (Wildman–Crippen LogP) is 4.64. The molecule has 1 rings (SSSR count). The Bertz CT molecular complexity index is 138. The lowest BCUT2D eigenvalue weighted by molar-refractivity contribution is 0.147. The second-order valence-corrected chi connectivity index (χ2v) is 5.21. The first kappa shape index (κ1) is 11.1. The van der Waals surface area contributed by atoms with Crippen molar-refractivity contribution in [1.29, 1.82) is 0 Å². The van der Waals surface area contributed by atoms with Crippen molar-refractivity contribution in [1.82, 2.24) is 0 Å². The summed E-state index contributed by atoms with van der Waals surface area (Å²) in [6.07, 6.45) is 8.74. The fourth-order valence-corrected chi connectivity index (χ4v) is 2.61. The van der Waals surface area contributed by atoms with E-state index >= 15 is 0 Å². The monoisotopic (exact) mass is 182 g/mol. The minimum atomic E-state index is 0.655. The maximum absolute atomic E-state index is 2.40. The van der Waals surface area contributed by atoms with Crippen LogP contribution in [0.15, 0.2) is 0 Å². The molecule has 0 unspecified atom stereocenters. The van der Waals surface area contributed by atoms with Crippen LogP contribution in [0, 0.1) is 17.3 Å². The van der Waals surface area contributed by atoms with Crippen LogP contribution in [0.25, 0.3) is 0 Å². The molecule has 0 amide bonds. The van der Waals surface area contributed by atoms with Crippen LogP contribution in [0.4, 0.5) is 0 Å². The molecule has 0 heterocycles.